The molecule has 0 aliphatic heterocycles. The Kier molecular flexibility index (Phi) is 8.97. The van der Waals surface area contributed by atoms with Crippen molar-refractivity contribution < 1.29 is 18.7 Å². The minimum absolute atomic E-state index is 0.0108. The van der Waals surface area contributed by atoms with Crippen LogP contribution < -0.4 is 27.2 Å². The van der Waals surface area contributed by atoms with Crippen LogP contribution in [0.3, 0.4) is 0 Å². The van der Waals surface area contributed by atoms with E-state index in [-0.39, 0.29) is 47.7 Å². The highest BCUT2D eigenvalue weighted by atomic mass is 19.1. The Bertz CT molecular complexity index is 1600. The molecule has 4 aromatic rings. The van der Waals surface area contributed by atoms with Gasteiger partial charge in [0.15, 0.2) is 23.2 Å². The first kappa shape index (κ1) is 28.8. The van der Waals surface area contributed by atoms with E-state index in [1.807, 2.05) is 6.92 Å². The number of nitrogens with two attached hydrogens (primary N) is 2. The first-order valence-electron chi connectivity index (χ1n) is 12.9. The van der Waals surface area contributed by atoms with E-state index < -0.39 is 23.5 Å². The van der Waals surface area contributed by atoms with Gasteiger partial charge in [-0.15, -0.1) is 5.10 Å². The van der Waals surface area contributed by atoms with Gasteiger partial charge in [0, 0.05) is 36.4 Å². The van der Waals surface area contributed by atoms with Crippen LogP contribution >= 0.6 is 0 Å². The Labute approximate surface area is 235 Å². The molecular weight excluding hydrogens is 531 g/mol. The van der Waals surface area contributed by atoms with E-state index in [9.17, 15) is 9.59 Å². The van der Waals surface area contributed by atoms with Crippen LogP contribution in [0.25, 0.3) is 5.82 Å². The topological polar surface area (TPSA) is 187 Å². The Morgan fingerprint density at radius 1 is 1.22 bits per heavy atom. The molecule has 41 heavy (non-hydrogen) atoms. The van der Waals surface area contributed by atoms with E-state index in [4.69, 9.17) is 26.4 Å². The van der Waals surface area contributed by atoms with Crippen LogP contribution in [0, 0.1) is 11.2 Å². The maximum absolute atomic E-state index is 16.1. The van der Waals surface area contributed by atoms with Crippen molar-refractivity contribution in [2.75, 3.05) is 24.3 Å². The maximum atomic E-state index is 16.1. The van der Waals surface area contributed by atoms with Crippen molar-refractivity contribution in [3.63, 3.8) is 0 Å². The van der Waals surface area contributed by atoms with Gasteiger partial charge in [0.2, 0.25) is 0 Å². The van der Waals surface area contributed by atoms with Crippen molar-refractivity contribution in [2.45, 2.75) is 32.7 Å². The van der Waals surface area contributed by atoms with Crippen molar-refractivity contribution in [1.29, 1.82) is 5.41 Å². The molecule has 0 unspecified atom stereocenters. The molecule has 0 saturated heterocycles. The molecule has 12 nitrogen and oxygen atoms in total. The molecule has 2 heterocycles. The highest BCUT2D eigenvalue weighted by molar-refractivity contribution is 5.95. The van der Waals surface area contributed by atoms with Gasteiger partial charge in [-0.1, -0.05) is 13.0 Å². The molecule has 2 aromatic carbocycles. The van der Waals surface area contributed by atoms with Gasteiger partial charge >= 0.3 is 11.7 Å². The quantitative estimate of drug-likeness (QED) is 0.0748. The van der Waals surface area contributed by atoms with Crippen molar-refractivity contribution in [3.8, 4) is 11.6 Å². The number of aromatic nitrogens is 4. The zero-order valence-corrected chi connectivity index (χ0v) is 22.6. The molecule has 0 radical (unpaired) electrons. The molecule has 0 fully saturated rings. The Hall–Kier alpha value is -5.20. The van der Waals surface area contributed by atoms with Crippen LogP contribution in [0.4, 0.5) is 15.8 Å². The fourth-order valence-electron chi connectivity index (χ4n) is 4.06. The van der Waals surface area contributed by atoms with Gasteiger partial charge in [0.25, 0.3) is 0 Å². The lowest BCUT2D eigenvalue weighted by molar-refractivity contribution is -0.141. The van der Waals surface area contributed by atoms with Gasteiger partial charge < -0.3 is 26.3 Å². The maximum Gasteiger partial charge on any atom is 0.349 e. The number of aryl methyl sites for hydroxylation is 1. The molecule has 2 aromatic heterocycles. The third-order valence-corrected chi connectivity index (χ3v) is 6.13. The number of nitrogens with one attached hydrogen (secondary N) is 3. The largest absolute Gasteiger partial charge is 0.490 e. The molecule has 0 aliphatic rings. The second kappa shape index (κ2) is 12.8. The molecule has 0 aliphatic carbocycles. The SMILES string of the molecule is CCc1cc(OCCCOC(C)=O)c(F)c([C@H](Nc2ccc(C(=N)N)cc2)c2nn(-c3ncccc3N)c(=O)[nH]2)c1. The summed E-state index contributed by atoms with van der Waals surface area (Å²) < 4.78 is 27.8. The summed E-state index contributed by atoms with van der Waals surface area (Å²) in [5.74, 6) is -0.913. The average molecular weight is 563 g/mol. The van der Waals surface area contributed by atoms with Crippen LogP contribution in [0.1, 0.15) is 48.8 Å². The fourth-order valence-corrected chi connectivity index (χ4v) is 4.06. The molecule has 0 saturated carbocycles. The molecule has 1 atom stereocenters. The number of hydrogen-bond donors (Lipinski definition) is 5. The number of rotatable bonds is 12. The number of pyridine rings is 1. The minimum Gasteiger partial charge on any atom is -0.490 e. The zero-order valence-electron chi connectivity index (χ0n) is 22.6. The summed E-state index contributed by atoms with van der Waals surface area (Å²) in [6, 6.07) is 12.2. The summed E-state index contributed by atoms with van der Waals surface area (Å²) in [6.07, 6.45) is 2.43. The number of nitrogens with zero attached hydrogens (tertiary/aromatic N) is 3. The Balaban J connectivity index is 1.76. The Morgan fingerprint density at radius 3 is 2.63 bits per heavy atom. The fraction of sp³-hybridized carbons (Fsp3) is 0.250. The molecule has 4 rings (SSSR count). The molecule has 7 N–H and O–H groups in total. The summed E-state index contributed by atoms with van der Waals surface area (Å²) >= 11 is 0. The van der Waals surface area contributed by atoms with E-state index in [0.29, 0.717) is 24.1 Å². The van der Waals surface area contributed by atoms with Crippen LogP contribution in [-0.4, -0.2) is 44.8 Å². The number of nitrogen functional groups attached to an aromatic ring is 2. The Morgan fingerprint density at radius 2 is 1.98 bits per heavy atom. The monoisotopic (exact) mass is 562 g/mol. The zero-order chi connectivity index (χ0) is 29.5. The number of carbonyl (C=O) groups excluding carboxylic acids is 1. The lowest BCUT2D eigenvalue weighted by atomic mass is 10.00. The number of ether oxygens (including phenoxy) is 2. The van der Waals surface area contributed by atoms with E-state index in [2.05, 4.69) is 20.4 Å². The third-order valence-electron chi connectivity index (χ3n) is 6.13. The molecule has 0 spiro atoms. The van der Waals surface area contributed by atoms with E-state index in [0.717, 1.165) is 10.2 Å². The average Bonchev–Trinajstić information content (AvgIpc) is 3.33. The first-order chi connectivity index (χ1) is 19.7. The molecular formula is C28H31FN8O4. The number of amidine groups is 1. The summed E-state index contributed by atoms with van der Waals surface area (Å²) in [7, 11) is 0. The van der Waals surface area contributed by atoms with Gasteiger partial charge in [-0.05, 0) is 54.4 Å². The summed E-state index contributed by atoms with van der Waals surface area (Å²) in [6.45, 7) is 3.50. The van der Waals surface area contributed by atoms with Crippen molar-refractivity contribution >= 4 is 23.2 Å². The number of anilines is 2. The van der Waals surface area contributed by atoms with Crippen molar-refractivity contribution in [3.05, 3.63) is 93.5 Å². The number of benzene rings is 2. The molecule has 214 valence electrons. The van der Waals surface area contributed by atoms with Gasteiger partial charge in [-0.2, -0.15) is 4.68 Å². The van der Waals surface area contributed by atoms with Crippen LogP contribution in [-0.2, 0) is 16.0 Å². The standard InChI is InChI=1S/C28H31FN8O4/c1-3-17-14-20(23(29)22(15-17)41-13-5-12-40-16(2)38)24(34-19-9-7-18(8-10-19)25(31)32)26-35-28(39)37(36-26)27-21(30)6-4-11-33-27/h4,6-11,14-15,24,34H,3,5,12-13,30H2,1-2H3,(H3,31,32)(H,35,36,39)/t24-/m0/s1. The predicted octanol–water partition coefficient (Wildman–Crippen LogP) is 3.06. The lowest BCUT2D eigenvalue weighted by Crippen LogP contribution is -2.18. The lowest BCUT2D eigenvalue weighted by Gasteiger charge is -2.21. The van der Waals surface area contributed by atoms with Crippen LogP contribution in [0.2, 0.25) is 0 Å². The normalized spacial score (nSPS) is 11.6. The smallest absolute Gasteiger partial charge is 0.349 e. The number of hydrogen-bond acceptors (Lipinski definition) is 9. The first-order valence-corrected chi connectivity index (χ1v) is 12.9. The van der Waals surface area contributed by atoms with E-state index in [1.165, 1.54) is 13.1 Å². The number of H-pyrrole nitrogens is 1. The predicted molar refractivity (Wildman–Crippen MR) is 152 cm³/mol. The summed E-state index contributed by atoms with van der Waals surface area (Å²) in [4.78, 5) is 30.8. The minimum atomic E-state index is -0.980. The molecule has 0 amide bonds. The van der Waals surface area contributed by atoms with Gasteiger partial charge in [0.05, 0.1) is 18.9 Å². The number of halogens is 1. The van der Waals surface area contributed by atoms with E-state index in [1.54, 1.807) is 48.5 Å². The van der Waals surface area contributed by atoms with Crippen molar-refractivity contribution in [2.24, 2.45) is 5.73 Å². The summed E-state index contributed by atoms with van der Waals surface area (Å²) in [5, 5.41) is 15.3. The van der Waals surface area contributed by atoms with Crippen molar-refractivity contribution in [1.82, 2.24) is 19.7 Å². The van der Waals surface area contributed by atoms with Gasteiger partial charge in [-0.25, -0.2) is 14.2 Å². The second-order valence-corrected chi connectivity index (χ2v) is 9.10. The third kappa shape index (κ3) is 6.87. The highest BCUT2D eigenvalue weighted by Crippen LogP contribution is 2.33. The summed E-state index contributed by atoms with van der Waals surface area (Å²) in [5.41, 5.74) is 13.3. The van der Waals surface area contributed by atoms with Crippen LogP contribution in [0.15, 0.2) is 59.5 Å². The van der Waals surface area contributed by atoms with Gasteiger partial charge in [-0.3, -0.25) is 15.2 Å². The molecule has 13 heteroatoms. The van der Waals surface area contributed by atoms with Crippen LogP contribution in [0.5, 0.6) is 5.75 Å². The van der Waals surface area contributed by atoms with E-state index >= 15 is 4.39 Å². The number of aromatic amines is 1. The van der Waals surface area contributed by atoms with Gasteiger partial charge in [0.1, 0.15) is 11.9 Å². The second-order valence-electron chi connectivity index (χ2n) is 9.10. The molecule has 0 bridgehead atoms. The number of carbonyl (C=O) groups is 1. The highest BCUT2D eigenvalue weighted by Gasteiger charge is 2.26. The number of esters is 1.